The van der Waals surface area contributed by atoms with Gasteiger partial charge >= 0.3 is 5.97 Å². The second kappa shape index (κ2) is 6.02. The van der Waals surface area contributed by atoms with Crippen molar-refractivity contribution in [1.82, 2.24) is 0 Å². The lowest BCUT2D eigenvalue weighted by atomic mass is 9.48. The van der Waals surface area contributed by atoms with Gasteiger partial charge in [-0.05, 0) is 62.5 Å². The zero-order chi connectivity index (χ0) is 19.4. The summed E-state index contributed by atoms with van der Waals surface area (Å²) in [5, 5.41) is 22.0. The van der Waals surface area contributed by atoms with Crippen LogP contribution in [0.3, 0.4) is 0 Å². The molecule has 4 aliphatic rings. The molecule has 2 atom stereocenters. The summed E-state index contributed by atoms with van der Waals surface area (Å²) >= 11 is 0. The molecule has 4 bridgehead atoms. The van der Waals surface area contributed by atoms with E-state index in [9.17, 15) is 24.8 Å². The normalized spacial score (nSPS) is 33.7. The third-order valence-corrected chi connectivity index (χ3v) is 6.39. The van der Waals surface area contributed by atoms with Crippen molar-refractivity contribution in [1.29, 1.82) is 0 Å². The van der Waals surface area contributed by atoms with Gasteiger partial charge < -0.3 is 15.6 Å². The number of esters is 1. The molecule has 3 N–H and O–H groups in total. The summed E-state index contributed by atoms with van der Waals surface area (Å²) in [6.07, 6.45) is 4.39. The number of nitro benzene ring substituents is 1. The van der Waals surface area contributed by atoms with Gasteiger partial charge in [0.2, 0.25) is 5.91 Å². The molecule has 1 aromatic carbocycles. The Bertz CT molecular complexity index is 821. The van der Waals surface area contributed by atoms with Gasteiger partial charge in [-0.3, -0.25) is 19.7 Å². The van der Waals surface area contributed by atoms with Crippen LogP contribution in [-0.4, -0.2) is 27.5 Å². The van der Waals surface area contributed by atoms with Crippen molar-refractivity contribution in [2.75, 3.05) is 0 Å². The van der Waals surface area contributed by atoms with E-state index in [0.29, 0.717) is 31.1 Å². The standard InChI is InChI=1S/C19H22N2O6/c20-16(22)13-1-2-14(15(4-13)21(25)26)9-27-17(23)18-5-11-3-12(6-18)8-19(24,7-11)10-18/h1-2,4,11-12,24H,3,5-10H2,(H2,20,22)/t11-,12-,18?,19?/m1/s1. The second-order valence-corrected chi connectivity index (χ2v) is 8.51. The first-order valence-electron chi connectivity index (χ1n) is 9.16. The molecule has 1 aromatic rings. The first-order chi connectivity index (χ1) is 12.7. The lowest BCUT2D eigenvalue weighted by Crippen LogP contribution is -2.58. The fourth-order valence-electron chi connectivity index (χ4n) is 5.76. The minimum Gasteiger partial charge on any atom is -0.460 e. The van der Waals surface area contributed by atoms with E-state index in [4.69, 9.17) is 10.5 Å². The van der Waals surface area contributed by atoms with Crippen molar-refractivity contribution in [3.05, 3.63) is 39.4 Å². The lowest BCUT2D eigenvalue weighted by molar-refractivity contribution is -0.385. The number of rotatable bonds is 5. The highest BCUT2D eigenvalue weighted by atomic mass is 16.6. The fourth-order valence-corrected chi connectivity index (χ4v) is 5.76. The van der Waals surface area contributed by atoms with Crippen LogP contribution in [-0.2, 0) is 16.1 Å². The molecule has 4 saturated carbocycles. The fraction of sp³-hybridized carbons (Fsp3) is 0.579. The largest absolute Gasteiger partial charge is 0.460 e. The molecule has 0 saturated heterocycles. The molecular formula is C19H22N2O6. The molecule has 4 aliphatic carbocycles. The van der Waals surface area contributed by atoms with Crippen LogP contribution in [0.25, 0.3) is 0 Å². The molecular weight excluding hydrogens is 352 g/mol. The van der Waals surface area contributed by atoms with Gasteiger partial charge in [-0.25, -0.2) is 0 Å². The van der Waals surface area contributed by atoms with Crippen LogP contribution in [0.5, 0.6) is 0 Å². The molecule has 144 valence electrons. The first-order valence-corrected chi connectivity index (χ1v) is 9.16. The molecule has 27 heavy (non-hydrogen) atoms. The highest BCUT2D eigenvalue weighted by molar-refractivity contribution is 5.93. The Morgan fingerprint density at radius 3 is 2.48 bits per heavy atom. The number of aliphatic hydroxyl groups is 1. The average Bonchev–Trinajstić information content (AvgIpc) is 2.57. The van der Waals surface area contributed by atoms with E-state index in [-0.39, 0.29) is 29.4 Å². The van der Waals surface area contributed by atoms with Gasteiger partial charge in [0.05, 0.1) is 21.5 Å². The zero-order valence-electron chi connectivity index (χ0n) is 14.8. The Hall–Kier alpha value is -2.48. The molecule has 0 aromatic heterocycles. The number of benzene rings is 1. The molecule has 0 spiro atoms. The number of carbonyl (C=O) groups is 2. The SMILES string of the molecule is NC(=O)c1ccc(COC(=O)C23C[C@H]4C[C@@H](CC(O)(C4)C2)C3)c([N+](=O)[O-])c1. The van der Waals surface area contributed by atoms with E-state index < -0.39 is 21.8 Å². The Labute approximate surface area is 155 Å². The van der Waals surface area contributed by atoms with Gasteiger partial charge in [-0.2, -0.15) is 0 Å². The van der Waals surface area contributed by atoms with Crippen LogP contribution in [0.1, 0.15) is 54.4 Å². The number of primary amides is 1. The lowest BCUT2D eigenvalue weighted by Gasteiger charge is -2.58. The molecule has 5 rings (SSSR count). The molecule has 0 radical (unpaired) electrons. The van der Waals surface area contributed by atoms with Crippen molar-refractivity contribution in [2.24, 2.45) is 23.0 Å². The van der Waals surface area contributed by atoms with Crippen molar-refractivity contribution in [2.45, 2.75) is 50.7 Å². The molecule has 0 aliphatic heterocycles. The monoisotopic (exact) mass is 374 g/mol. The minimum absolute atomic E-state index is 0.0279. The van der Waals surface area contributed by atoms with Crippen molar-refractivity contribution in [3.63, 3.8) is 0 Å². The van der Waals surface area contributed by atoms with E-state index in [1.54, 1.807) is 0 Å². The summed E-state index contributed by atoms with van der Waals surface area (Å²) < 4.78 is 5.48. The molecule has 8 nitrogen and oxygen atoms in total. The Morgan fingerprint density at radius 1 is 1.26 bits per heavy atom. The van der Waals surface area contributed by atoms with Crippen molar-refractivity contribution < 1.29 is 24.4 Å². The van der Waals surface area contributed by atoms with Crippen LogP contribution in [0.2, 0.25) is 0 Å². The topological polar surface area (TPSA) is 133 Å². The highest BCUT2D eigenvalue weighted by Crippen LogP contribution is 2.62. The predicted molar refractivity (Wildman–Crippen MR) is 93.5 cm³/mol. The van der Waals surface area contributed by atoms with Gasteiger partial charge in [0.25, 0.3) is 5.69 Å². The van der Waals surface area contributed by atoms with E-state index in [2.05, 4.69) is 0 Å². The van der Waals surface area contributed by atoms with Crippen LogP contribution < -0.4 is 5.73 Å². The van der Waals surface area contributed by atoms with Crippen LogP contribution >= 0.6 is 0 Å². The van der Waals surface area contributed by atoms with E-state index >= 15 is 0 Å². The number of carbonyl (C=O) groups excluding carboxylic acids is 2. The molecule has 0 unspecified atom stereocenters. The summed E-state index contributed by atoms with van der Waals surface area (Å²) in [6.45, 7) is -0.246. The zero-order valence-corrected chi connectivity index (χ0v) is 14.8. The van der Waals surface area contributed by atoms with Crippen LogP contribution in [0.4, 0.5) is 5.69 Å². The second-order valence-electron chi connectivity index (χ2n) is 8.51. The Balaban J connectivity index is 1.52. The highest BCUT2D eigenvalue weighted by Gasteiger charge is 2.60. The number of nitrogens with zero attached hydrogens (tertiary/aromatic N) is 1. The summed E-state index contributed by atoms with van der Waals surface area (Å²) in [5.74, 6) is -0.465. The maximum absolute atomic E-state index is 12.9. The van der Waals surface area contributed by atoms with Gasteiger partial charge in [0, 0.05) is 11.6 Å². The molecule has 1 amide bonds. The number of ether oxygens (including phenoxy) is 1. The first kappa shape index (κ1) is 17.9. The van der Waals surface area contributed by atoms with E-state index in [0.717, 1.165) is 25.3 Å². The van der Waals surface area contributed by atoms with Crippen molar-refractivity contribution >= 4 is 17.6 Å². The quantitative estimate of drug-likeness (QED) is 0.460. The molecule has 8 heteroatoms. The maximum atomic E-state index is 12.9. The predicted octanol–water partition coefficient (Wildman–Crippen LogP) is 2.07. The third kappa shape index (κ3) is 3.07. The van der Waals surface area contributed by atoms with Gasteiger partial charge in [-0.1, -0.05) is 0 Å². The number of nitrogens with two attached hydrogens (primary N) is 1. The molecule has 0 heterocycles. The summed E-state index contributed by atoms with van der Waals surface area (Å²) in [6, 6.07) is 3.86. The number of hydrogen-bond donors (Lipinski definition) is 2. The smallest absolute Gasteiger partial charge is 0.312 e. The van der Waals surface area contributed by atoms with Crippen LogP contribution in [0.15, 0.2) is 18.2 Å². The summed E-state index contributed by atoms with van der Waals surface area (Å²) in [7, 11) is 0. The van der Waals surface area contributed by atoms with Gasteiger partial charge in [-0.15, -0.1) is 0 Å². The maximum Gasteiger partial charge on any atom is 0.312 e. The van der Waals surface area contributed by atoms with E-state index in [1.807, 2.05) is 0 Å². The minimum atomic E-state index is -0.780. The van der Waals surface area contributed by atoms with Crippen molar-refractivity contribution in [3.8, 4) is 0 Å². The van der Waals surface area contributed by atoms with Crippen LogP contribution in [0, 0.1) is 27.4 Å². The Kier molecular flexibility index (Phi) is 3.99. The van der Waals surface area contributed by atoms with Gasteiger partial charge in [0.1, 0.15) is 6.61 Å². The number of nitro groups is 1. The number of amides is 1. The summed E-state index contributed by atoms with van der Waals surface area (Å²) in [5.41, 5.74) is 3.64. The Morgan fingerprint density at radius 2 is 1.93 bits per heavy atom. The van der Waals surface area contributed by atoms with E-state index in [1.165, 1.54) is 12.1 Å². The number of hydrogen-bond acceptors (Lipinski definition) is 6. The third-order valence-electron chi connectivity index (χ3n) is 6.39. The van der Waals surface area contributed by atoms with Gasteiger partial charge in [0.15, 0.2) is 0 Å². The molecule has 4 fully saturated rings. The summed E-state index contributed by atoms with van der Waals surface area (Å²) in [4.78, 5) is 34.8. The average molecular weight is 374 g/mol.